The summed E-state index contributed by atoms with van der Waals surface area (Å²) in [6.45, 7) is 6.09. The molecule has 1 saturated heterocycles. The number of aromatic nitrogens is 1. The van der Waals surface area contributed by atoms with Crippen LogP contribution in [0, 0.1) is 6.92 Å². The fraction of sp³-hybridized carbons (Fsp3) is 0.722. The molecule has 0 bridgehead atoms. The first-order chi connectivity index (χ1) is 10.7. The normalized spacial score (nSPS) is 25.0. The maximum absolute atomic E-state index is 12.5. The van der Waals surface area contributed by atoms with Crippen LogP contribution in [-0.2, 0) is 6.54 Å². The lowest BCUT2D eigenvalue weighted by atomic mass is 9.92. The Bertz CT molecular complexity index is 611. The van der Waals surface area contributed by atoms with Gasteiger partial charge in [0.15, 0.2) is 5.43 Å². The van der Waals surface area contributed by atoms with Gasteiger partial charge in [0.25, 0.3) is 0 Å². The highest BCUT2D eigenvalue weighted by atomic mass is 16.1. The third-order valence-corrected chi connectivity index (χ3v) is 5.88. The molecule has 0 atom stereocenters. The smallest absolute Gasteiger partial charge is 0.186 e. The van der Waals surface area contributed by atoms with Crippen molar-refractivity contribution in [3.63, 3.8) is 0 Å². The van der Waals surface area contributed by atoms with Crippen molar-refractivity contribution in [2.75, 3.05) is 19.6 Å². The highest BCUT2D eigenvalue weighted by Crippen LogP contribution is 2.38. The van der Waals surface area contributed by atoms with Crippen LogP contribution >= 0.6 is 0 Å². The lowest BCUT2D eigenvalue weighted by molar-refractivity contribution is 0.0568. The quantitative estimate of drug-likeness (QED) is 0.930. The number of nitrogens with zero attached hydrogens (tertiary/aromatic N) is 2. The van der Waals surface area contributed by atoms with Gasteiger partial charge < -0.3 is 9.88 Å². The summed E-state index contributed by atoms with van der Waals surface area (Å²) in [5, 5.41) is 3.57. The van der Waals surface area contributed by atoms with Crippen LogP contribution < -0.4 is 10.7 Å². The highest BCUT2D eigenvalue weighted by molar-refractivity contribution is 5.18. The lowest BCUT2D eigenvalue weighted by Crippen LogP contribution is -2.59. The Hall–Kier alpha value is -1.13. The van der Waals surface area contributed by atoms with Crippen LogP contribution in [0.1, 0.15) is 55.8 Å². The highest BCUT2D eigenvalue weighted by Gasteiger charge is 2.41. The van der Waals surface area contributed by atoms with Gasteiger partial charge >= 0.3 is 0 Å². The molecule has 22 heavy (non-hydrogen) atoms. The molecule has 4 nitrogen and oxygen atoms in total. The van der Waals surface area contributed by atoms with Crippen molar-refractivity contribution in [3.8, 4) is 0 Å². The molecule has 0 radical (unpaired) electrons. The first kappa shape index (κ1) is 14.5. The molecule has 4 rings (SSSR count). The standard InChI is InChI=1S/C18H27N3O/c1-14-10-17(22)15(12-21(14)16-4-5-16)11-20-9-8-19-13-18(20)6-2-3-7-18/h10,12,16,19H,2-9,11,13H2,1H3. The lowest BCUT2D eigenvalue weighted by Gasteiger charge is -2.45. The molecule has 3 fully saturated rings. The molecule has 1 aliphatic heterocycles. The molecule has 120 valence electrons. The van der Waals surface area contributed by atoms with Crippen molar-refractivity contribution in [2.24, 2.45) is 0 Å². The van der Waals surface area contributed by atoms with Gasteiger partial charge in [-0.2, -0.15) is 0 Å². The Labute approximate surface area is 132 Å². The van der Waals surface area contributed by atoms with Crippen molar-refractivity contribution in [1.82, 2.24) is 14.8 Å². The number of piperazine rings is 1. The average Bonchev–Trinajstić information content (AvgIpc) is 3.24. The van der Waals surface area contributed by atoms with E-state index in [0.717, 1.165) is 37.4 Å². The van der Waals surface area contributed by atoms with E-state index >= 15 is 0 Å². The molecule has 2 saturated carbocycles. The number of aryl methyl sites for hydroxylation is 1. The largest absolute Gasteiger partial charge is 0.348 e. The van der Waals surface area contributed by atoms with Crippen LogP contribution in [0.3, 0.4) is 0 Å². The summed E-state index contributed by atoms with van der Waals surface area (Å²) in [5.41, 5.74) is 2.64. The van der Waals surface area contributed by atoms with E-state index in [9.17, 15) is 4.79 Å². The summed E-state index contributed by atoms with van der Waals surface area (Å²) in [6.07, 6.45) is 9.91. The van der Waals surface area contributed by atoms with Crippen LogP contribution in [0.5, 0.6) is 0 Å². The first-order valence-corrected chi connectivity index (χ1v) is 8.85. The average molecular weight is 301 g/mol. The number of nitrogens with one attached hydrogen (secondary N) is 1. The van der Waals surface area contributed by atoms with Crippen molar-refractivity contribution in [3.05, 3.63) is 33.7 Å². The van der Waals surface area contributed by atoms with Crippen molar-refractivity contribution in [1.29, 1.82) is 0 Å². The summed E-state index contributed by atoms with van der Waals surface area (Å²) in [7, 11) is 0. The summed E-state index contributed by atoms with van der Waals surface area (Å²) < 4.78 is 2.33. The van der Waals surface area contributed by atoms with Crippen LogP contribution in [0.4, 0.5) is 0 Å². The van der Waals surface area contributed by atoms with Crippen molar-refractivity contribution < 1.29 is 0 Å². The van der Waals surface area contributed by atoms with Gasteiger partial charge in [0.1, 0.15) is 0 Å². The number of rotatable bonds is 3. The van der Waals surface area contributed by atoms with Gasteiger partial charge in [0, 0.05) is 61.3 Å². The van der Waals surface area contributed by atoms with Gasteiger partial charge in [-0.25, -0.2) is 0 Å². The molecule has 0 aromatic carbocycles. The minimum absolute atomic E-state index is 0.223. The Balaban J connectivity index is 1.62. The number of hydrogen-bond acceptors (Lipinski definition) is 3. The zero-order valence-corrected chi connectivity index (χ0v) is 13.6. The fourth-order valence-electron chi connectivity index (χ4n) is 4.42. The van der Waals surface area contributed by atoms with Gasteiger partial charge in [-0.1, -0.05) is 12.8 Å². The molecule has 1 aromatic rings. The predicted molar refractivity (Wildman–Crippen MR) is 88.2 cm³/mol. The Morgan fingerprint density at radius 3 is 2.82 bits per heavy atom. The summed E-state index contributed by atoms with van der Waals surface area (Å²) in [4.78, 5) is 15.1. The maximum atomic E-state index is 12.5. The molecule has 0 amide bonds. The van der Waals surface area contributed by atoms with E-state index in [4.69, 9.17) is 0 Å². The first-order valence-electron chi connectivity index (χ1n) is 8.85. The Morgan fingerprint density at radius 1 is 1.32 bits per heavy atom. The molecule has 2 heterocycles. The Kier molecular flexibility index (Phi) is 3.61. The van der Waals surface area contributed by atoms with E-state index in [1.807, 2.05) is 6.07 Å². The van der Waals surface area contributed by atoms with Gasteiger partial charge in [0.05, 0.1) is 0 Å². The van der Waals surface area contributed by atoms with Gasteiger partial charge in [-0.3, -0.25) is 9.69 Å². The van der Waals surface area contributed by atoms with E-state index in [-0.39, 0.29) is 5.43 Å². The molecular weight excluding hydrogens is 274 g/mol. The predicted octanol–water partition coefficient (Wildman–Crippen LogP) is 2.21. The topological polar surface area (TPSA) is 37.3 Å². The molecule has 1 spiro atoms. The molecule has 4 heteroatoms. The van der Waals surface area contributed by atoms with Gasteiger partial charge in [-0.05, 0) is 32.6 Å². The monoisotopic (exact) mass is 301 g/mol. The van der Waals surface area contributed by atoms with Crippen LogP contribution in [0.2, 0.25) is 0 Å². The van der Waals surface area contributed by atoms with Crippen LogP contribution in [-0.4, -0.2) is 34.6 Å². The second-order valence-electron chi connectivity index (χ2n) is 7.47. The SMILES string of the molecule is Cc1cc(=O)c(CN2CCNCC23CCCC3)cn1C1CC1. The van der Waals surface area contributed by atoms with Gasteiger partial charge in [0.2, 0.25) is 0 Å². The second kappa shape index (κ2) is 5.50. The second-order valence-corrected chi connectivity index (χ2v) is 7.47. The van der Waals surface area contributed by atoms with E-state index in [0.29, 0.717) is 11.6 Å². The van der Waals surface area contributed by atoms with E-state index < -0.39 is 0 Å². The van der Waals surface area contributed by atoms with Crippen molar-refractivity contribution >= 4 is 0 Å². The number of pyridine rings is 1. The molecule has 1 N–H and O–H groups in total. The van der Waals surface area contributed by atoms with E-state index in [2.05, 4.69) is 27.9 Å². The van der Waals surface area contributed by atoms with Crippen LogP contribution in [0.25, 0.3) is 0 Å². The zero-order valence-electron chi connectivity index (χ0n) is 13.6. The fourth-order valence-corrected chi connectivity index (χ4v) is 4.42. The third kappa shape index (κ3) is 2.52. The van der Waals surface area contributed by atoms with Crippen LogP contribution in [0.15, 0.2) is 17.1 Å². The summed E-state index contributed by atoms with van der Waals surface area (Å²) >= 11 is 0. The number of hydrogen-bond donors (Lipinski definition) is 1. The molecule has 2 aliphatic carbocycles. The zero-order chi connectivity index (χ0) is 15.2. The van der Waals surface area contributed by atoms with E-state index in [1.54, 1.807) is 0 Å². The summed E-state index contributed by atoms with van der Waals surface area (Å²) in [5.74, 6) is 0. The van der Waals surface area contributed by atoms with Crippen molar-refractivity contribution in [2.45, 2.75) is 63.6 Å². The molecule has 1 aromatic heterocycles. The Morgan fingerprint density at radius 2 is 2.09 bits per heavy atom. The molecule has 0 unspecified atom stereocenters. The minimum Gasteiger partial charge on any atom is -0.348 e. The molecular formula is C18H27N3O. The van der Waals surface area contributed by atoms with E-state index in [1.165, 1.54) is 38.5 Å². The summed E-state index contributed by atoms with van der Waals surface area (Å²) in [6, 6.07) is 2.49. The minimum atomic E-state index is 0.223. The van der Waals surface area contributed by atoms with Gasteiger partial charge in [-0.15, -0.1) is 0 Å². The molecule has 3 aliphatic rings. The maximum Gasteiger partial charge on any atom is 0.186 e. The third-order valence-electron chi connectivity index (χ3n) is 5.88.